The van der Waals surface area contributed by atoms with Gasteiger partial charge in [-0.1, -0.05) is 11.6 Å². The van der Waals surface area contributed by atoms with Gasteiger partial charge in [0.25, 0.3) is 0 Å². The van der Waals surface area contributed by atoms with Crippen molar-refractivity contribution in [2.45, 2.75) is 10.9 Å². The van der Waals surface area contributed by atoms with Crippen molar-refractivity contribution in [2.24, 2.45) is 4.99 Å². The highest BCUT2D eigenvalue weighted by molar-refractivity contribution is 7.89. The van der Waals surface area contributed by atoms with Gasteiger partial charge < -0.3 is 14.4 Å². The van der Waals surface area contributed by atoms with Crippen LogP contribution in [0.3, 0.4) is 0 Å². The molecule has 0 aromatic heterocycles. The summed E-state index contributed by atoms with van der Waals surface area (Å²) in [5.74, 6) is 1.26. The molecule has 1 atom stereocenters. The van der Waals surface area contributed by atoms with Crippen LogP contribution < -0.4 is 15.0 Å². The molecule has 2 aliphatic heterocycles. The first kappa shape index (κ1) is 20.6. The molecule has 1 aromatic carbocycles. The van der Waals surface area contributed by atoms with Crippen LogP contribution in [0.15, 0.2) is 62.5 Å². The number of fused-ring (bicyclic) bond motifs is 2. The minimum absolute atomic E-state index is 0.0915. The standard InChI is InChI=1S/C19H22ClN5O4S/c1-21-30(26,27)18-5-4-12(24(2)3)8-15(18)23-25-11-22-14-10-17-16(28-6-7-29-17)9-13(14)19(25)20/h4-5,8-11,14,21,23H,6-7H2,1-3H3. The number of aliphatic imine (C=N–C) groups is 1. The lowest BCUT2D eigenvalue weighted by Crippen LogP contribution is -2.34. The maximum absolute atomic E-state index is 12.5. The number of sulfonamides is 1. The Hall–Kier alpha value is -2.69. The van der Waals surface area contributed by atoms with E-state index in [0.717, 1.165) is 11.3 Å². The molecular weight excluding hydrogens is 430 g/mol. The monoisotopic (exact) mass is 451 g/mol. The van der Waals surface area contributed by atoms with Crippen LogP contribution in [0.25, 0.3) is 0 Å². The van der Waals surface area contributed by atoms with Crippen molar-refractivity contribution in [1.82, 2.24) is 9.73 Å². The molecule has 1 saturated heterocycles. The number of anilines is 2. The highest BCUT2D eigenvalue weighted by Crippen LogP contribution is 2.35. The fraction of sp³-hybridized carbons (Fsp3) is 0.316. The van der Waals surface area contributed by atoms with E-state index in [-0.39, 0.29) is 10.9 Å². The summed E-state index contributed by atoms with van der Waals surface area (Å²) in [4.78, 5) is 6.47. The van der Waals surface area contributed by atoms with E-state index in [0.29, 0.717) is 35.6 Å². The molecule has 9 nitrogen and oxygen atoms in total. The second-order valence-electron chi connectivity index (χ2n) is 6.96. The Labute approximate surface area is 180 Å². The Morgan fingerprint density at radius 2 is 1.97 bits per heavy atom. The minimum Gasteiger partial charge on any atom is -0.486 e. The van der Waals surface area contributed by atoms with Gasteiger partial charge in [-0.3, -0.25) is 10.4 Å². The van der Waals surface area contributed by atoms with Crippen molar-refractivity contribution in [3.63, 3.8) is 0 Å². The lowest BCUT2D eigenvalue weighted by Gasteiger charge is -2.32. The summed E-state index contributed by atoms with van der Waals surface area (Å²) in [5, 5.41) is 1.84. The molecule has 1 fully saturated rings. The third-order valence-electron chi connectivity index (χ3n) is 4.83. The normalized spacial score (nSPS) is 20.4. The summed E-state index contributed by atoms with van der Waals surface area (Å²) in [6, 6.07) is 4.70. The van der Waals surface area contributed by atoms with Crippen molar-refractivity contribution in [3.05, 3.63) is 52.6 Å². The van der Waals surface area contributed by atoms with Gasteiger partial charge in [0.2, 0.25) is 10.0 Å². The summed E-state index contributed by atoms with van der Waals surface area (Å²) >= 11 is 6.65. The third-order valence-corrected chi connectivity index (χ3v) is 6.70. The van der Waals surface area contributed by atoms with E-state index in [4.69, 9.17) is 21.1 Å². The van der Waals surface area contributed by atoms with E-state index in [9.17, 15) is 8.42 Å². The zero-order chi connectivity index (χ0) is 21.5. The zero-order valence-electron chi connectivity index (χ0n) is 16.7. The predicted octanol–water partition coefficient (Wildman–Crippen LogP) is 1.98. The Morgan fingerprint density at radius 1 is 1.23 bits per heavy atom. The minimum atomic E-state index is -3.70. The fourth-order valence-electron chi connectivity index (χ4n) is 3.22. The Balaban J connectivity index is 1.70. The number of benzene rings is 1. The van der Waals surface area contributed by atoms with Crippen molar-refractivity contribution >= 4 is 39.3 Å². The molecule has 1 aliphatic carbocycles. The first-order chi connectivity index (χ1) is 14.3. The number of halogens is 1. The Morgan fingerprint density at radius 3 is 2.67 bits per heavy atom. The van der Waals surface area contributed by atoms with Crippen LogP contribution >= 0.6 is 11.6 Å². The molecule has 2 N–H and O–H groups in total. The largest absolute Gasteiger partial charge is 0.486 e. The second kappa shape index (κ2) is 7.86. The summed E-state index contributed by atoms with van der Waals surface area (Å²) < 4.78 is 38.6. The molecule has 0 saturated carbocycles. The first-order valence-electron chi connectivity index (χ1n) is 9.23. The number of ether oxygens (including phenoxy) is 2. The lowest BCUT2D eigenvalue weighted by atomic mass is 10.00. The molecule has 0 bridgehead atoms. The van der Waals surface area contributed by atoms with E-state index in [2.05, 4.69) is 15.1 Å². The van der Waals surface area contributed by atoms with Gasteiger partial charge >= 0.3 is 0 Å². The number of hydrogen-bond donors (Lipinski definition) is 2. The molecule has 4 rings (SSSR count). The average Bonchev–Trinajstić information content (AvgIpc) is 2.74. The van der Waals surface area contributed by atoms with Crippen molar-refractivity contribution in [3.8, 4) is 0 Å². The second-order valence-corrected chi connectivity index (χ2v) is 9.17. The van der Waals surface area contributed by atoms with Gasteiger partial charge in [0.05, 0.1) is 5.69 Å². The predicted molar refractivity (Wildman–Crippen MR) is 116 cm³/mol. The smallest absolute Gasteiger partial charge is 0.242 e. The lowest BCUT2D eigenvalue weighted by molar-refractivity contribution is 0.0577. The van der Waals surface area contributed by atoms with Crippen LogP contribution in [-0.4, -0.2) is 60.2 Å². The van der Waals surface area contributed by atoms with E-state index < -0.39 is 10.0 Å². The maximum Gasteiger partial charge on any atom is 0.242 e. The van der Waals surface area contributed by atoms with Gasteiger partial charge in [0, 0.05) is 25.4 Å². The van der Waals surface area contributed by atoms with E-state index in [1.807, 2.05) is 25.1 Å². The summed E-state index contributed by atoms with van der Waals surface area (Å²) in [6.45, 7) is 0.956. The molecule has 0 radical (unpaired) electrons. The summed E-state index contributed by atoms with van der Waals surface area (Å²) in [7, 11) is 1.41. The van der Waals surface area contributed by atoms with Crippen molar-refractivity contribution in [2.75, 3.05) is 44.7 Å². The van der Waals surface area contributed by atoms with Crippen LogP contribution in [0.4, 0.5) is 11.4 Å². The van der Waals surface area contributed by atoms with Crippen molar-refractivity contribution in [1.29, 1.82) is 0 Å². The molecule has 30 heavy (non-hydrogen) atoms. The number of hydrazine groups is 1. The highest BCUT2D eigenvalue weighted by Gasteiger charge is 2.30. The van der Waals surface area contributed by atoms with Crippen molar-refractivity contribution < 1.29 is 17.9 Å². The molecule has 0 amide bonds. The van der Waals surface area contributed by atoms with Gasteiger partial charge in [-0.15, -0.1) is 0 Å². The Kier molecular flexibility index (Phi) is 5.39. The van der Waals surface area contributed by atoms with Crippen LogP contribution in [-0.2, 0) is 19.5 Å². The highest BCUT2D eigenvalue weighted by atomic mass is 35.5. The molecule has 2 heterocycles. The first-order valence-corrected chi connectivity index (χ1v) is 11.1. The van der Waals surface area contributed by atoms with E-state index in [1.165, 1.54) is 18.4 Å². The quantitative estimate of drug-likeness (QED) is 0.661. The zero-order valence-corrected chi connectivity index (χ0v) is 18.3. The van der Waals surface area contributed by atoms with Gasteiger partial charge in [0.15, 0.2) is 11.5 Å². The van der Waals surface area contributed by atoms with Gasteiger partial charge in [-0.05, 0) is 37.4 Å². The van der Waals surface area contributed by atoms with Gasteiger partial charge in [-0.2, -0.15) is 0 Å². The molecule has 3 aliphatic rings. The van der Waals surface area contributed by atoms with E-state index >= 15 is 0 Å². The number of hydrogen-bond acceptors (Lipinski definition) is 8. The number of nitrogens with zero attached hydrogens (tertiary/aromatic N) is 3. The molecule has 11 heteroatoms. The molecule has 160 valence electrons. The average molecular weight is 452 g/mol. The van der Waals surface area contributed by atoms with Crippen LogP contribution in [0.5, 0.6) is 0 Å². The summed E-state index contributed by atoms with van der Waals surface area (Å²) in [6.07, 6.45) is 5.17. The fourth-order valence-corrected chi connectivity index (χ4v) is 4.33. The molecule has 1 aromatic rings. The number of nitrogens with one attached hydrogen (secondary N) is 2. The third kappa shape index (κ3) is 3.73. The summed E-state index contributed by atoms with van der Waals surface area (Å²) in [5.41, 5.74) is 4.97. The molecular formula is C19H22ClN5O4S. The molecule has 1 unspecified atom stereocenters. The SMILES string of the molecule is CNS(=O)(=O)c1ccc(N(C)C)cc1NN1C=NC2C=C3OCCOC3=CC2=C1Cl. The van der Waals surface area contributed by atoms with Crippen LogP contribution in [0.1, 0.15) is 0 Å². The number of rotatable bonds is 5. The van der Waals surface area contributed by atoms with Crippen LogP contribution in [0, 0.1) is 0 Å². The van der Waals surface area contributed by atoms with Gasteiger partial charge in [0.1, 0.15) is 35.6 Å². The topological polar surface area (TPSA) is 95.5 Å². The van der Waals surface area contributed by atoms with Gasteiger partial charge in [-0.25, -0.2) is 18.1 Å². The van der Waals surface area contributed by atoms with Crippen LogP contribution in [0.2, 0.25) is 0 Å². The molecule has 0 spiro atoms. The maximum atomic E-state index is 12.5. The van der Waals surface area contributed by atoms with E-state index in [1.54, 1.807) is 24.3 Å². The Bertz CT molecular complexity index is 1090.